The Hall–Kier alpha value is -0.380. The quantitative estimate of drug-likeness (QED) is 0.873. The highest BCUT2D eigenvalue weighted by Gasteiger charge is 2.21. The molecule has 0 aromatic carbocycles. The van der Waals surface area contributed by atoms with Gasteiger partial charge in [-0.3, -0.25) is 4.90 Å². The van der Waals surface area contributed by atoms with Gasteiger partial charge in [0.05, 0.1) is 6.61 Å². The zero-order valence-electron chi connectivity index (χ0n) is 9.98. The topological polar surface area (TPSA) is 23.5 Å². The number of nitrogens with zero attached hydrogens (tertiary/aromatic N) is 1. The molecule has 2 nitrogen and oxygen atoms in total. The van der Waals surface area contributed by atoms with Crippen molar-refractivity contribution in [3.05, 3.63) is 21.9 Å². The summed E-state index contributed by atoms with van der Waals surface area (Å²) < 4.78 is 0. The van der Waals surface area contributed by atoms with Crippen LogP contribution >= 0.6 is 11.3 Å². The smallest absolute Gasteiger partial charge is 0.0587 e. The third-order valence-corrected chi connectivity index (χ3v) is 4.60. The Morgan fingerprint density at radius 3 is 2.88 bits per heavy atom. The molecule has 1 aliphatic heterocycles. The van der Waals surface area contributed by atoms with Crippen LogP contribution in [0.2, 0.25) is 0 Å². The lowest BCUT2D eigenvalue weighted by Gasteiger charge is -2.34. The number of aliphatic hydroxyl groups excluding tert-OH is 1. The third-order valence-electron chi connectivity index (χ3n) is 3.38. The van der Waals surface area contributed by atoms with Crippen LogP contribution in [0.25, 0.3) is 0 Å². The highest BCUT2D eigenvalue weighted by Crippen LogP contribution is 2.23. The van der Waals surface area contributed by atoms with Crippen molar-refractivity contribution in [2.45, 2.75) is 45.2 Å². The maximum absolute atomic E-state index is 9.35. The Kier molecular flexibility index (Phi) is 4.38. The zero-order valence-corrected chi connectivity index (χ0v) is 10.8. The van der Waals surface area contributed by atoms with Crippen molar-refractivity contribution < 1.29 is 5.11 Å². The van der Waals surface area contributed by atoms with Crippen molar-refractivity contribution in [2.75, 3.05) is 13.2 Å². The molecule has 0 radical (unpaired) electrons. The monoisotopic (exact) mass is 239 g/mol. The number of thiophene rings is 1. The molecule has 2 rings (SSSR count). The van der Waals surface area contributed by atoms with Crippen LogP contribution in [0.5, 0.6) is 0 Å². The Labute approximate surface area is 102 Å². The highest BCUT2D eigenvalue weighted by molar-refractivity contribution is 7.11. The van der Waals surface area contributed by atoms with E-state index in [9.17, 15) is 5.11 Å². The van der Waals surface area contributed by atoms with E-state index in [1.807, 2.05) is 11.3 Å². The van der Waals surface area contributed by atoms with Gasteiger partial charge in [-0.2, -0.15) is 0 Å². The molecule has 0 aliphatic carbocycles. The molecule has 1 aliphatic rings. The first-order valence-corrected chi connectivity index (χ1v) is 7.07. The normalized spacial score (nSPS) is 22.5. The lowest BCUT2D eigenvalue weighted by Crippen LogP contribution is -2.40. The summed E-state index contributed by atoms with van der Waals surface area (Å²) in [7, 11) is 0. The van der Waals surface area contributed by atoms with Gasteiger partial charge in [-0.05, 0) is 37.9 Å². The first-order chi connectivity index (χ1) is 7.83. The van der Waals surface area contributed by atoms with Gasteiger partial charge in [-0.1, -0.05) is 13.3 Å². The van der Waals surface area contributed by atoms with E-state index in [1.54, 1.807) is 0 Å². The van der Waals surface area contributed by atoms with Gasteiger partial charge in [-0.15, -0.1) is 11.3 Å². The van der Waals surface area contributed by atoms with Crippen molar-refractivity contribution >= 4 is 11.3 Å². The highest BCUT2D eigenvalue weighted by atomic mass is 32.1. The van der Waals surface area contributed by atoms with Crippen molar-refractivity contribution in [1.29, 1.82) is 0 Å². The van der Waals surface area contributed by atoms with Crippen molar-refractivity contribution in [1.82, 2.24) is 4.90 Å². The van der Waals surface area contributed by atoms with Crippen molar-refractivity contribution in [3.8, 4) is 0 Å². The number of hydrogen-bond donors (Lipinski definition) is 1. The van der Waals surface area contributed by atoms with Gasteiger partial charge in [0.25, 0.3) is 0 Å². The van der Waals surface area contributed by atoms with Crippen LogP contribution < -0.4 is 0 Å². The molecular formula is C13H21NOS. The van der Waals surface area contributed by atoms with Crippen molar-refractivity contribution in [2.24, 2.45) is 0 Å². The first kappa shape index (κ1) is 12.1. The van der Waals surface area contributed by atoms with Crippen LogP contribution in [-0.2, 0) is 13.0 Å². The van der Waals surface area contributed by atoms with Crippen LogP contribution in [0, 0.1) is 0 Å². The molecule has 0 saturated carbocycles. The lowest BCUT2D eigenvalue weighted by molar-refractivity contribution is 0.0850. The summed E-state index contributed by atoms with van der Waals surface area (Å²) in [6.45, 7) is 4.68. The second kappa shape index (κ2) is 5.80. The fourth-order valence-corrected chi connectivity index (χ4v) is 3.36. The summed E-state index contributed by atoms with van der Waals surface area (Å²) in [4.78, 5) is 5.35. The fourth-order valence-electron chi connectivity index (χ4n) is 2.37. The third kappa shape index (κ3) is 2.84. The van der Waals surface area contributed by atoms with Gasteiger partial charge in [0.2, 0.25) is 0 Å². The predicted molar refractivity (Wildman–Crippen MR) is 68.8 cm³/mol. The number of piperidine rings is 1. The van der Waals surface area contributed by atoms with Gasteiger partial charge in [0.15, 0.2) is 0 Å². The van der Waals surface area contributed by atoms with E-state index in [0.717, 1.165) is 25.9 Å². The van der Waals surface area contributed by atoms with Crippen LogP contribution in [0.15, 0.2) is 12.1 Å². The molecule has 1 saturated heterocycles. The van der Waals surface area contributed by atoms with Gasteiger partial charge in [-0.25, -0.2) is 0 Å². The minimum Gasteiger partial charge on any atom is -0.395 e. The Balaban J connectivity index is 1.96. The van der Waals surface area contributed by atoms with Gasteiger partial charge in [0.1, 0.15) is 0 Å². The summed E-state index contributed by atoms with van der Waals surface area (Å²) in [5.74, 6) is 0. The summed E-state index contributed by atoms with van der Waals surface area (Å²) >= 11 is 1.92. The molecular weight excluding hydrogens is 218 g/mol. The number of aryl methyl sites for hydroxylation is 1. The van der Waals surface area contributed by atoms with Crippen LogP contribution in [0.4, 0.5) is 0 Å². The molecule has 1 fully saturated rings. The second-order valence-electron chi connectivity index (χ2n) is 4.52. The average Bonchev–Trinajstić information content (AvgIpc) is 2.77. The van der Waals surface area contributed by atoms with E-state index in [1.165, 1.54) is 22.6 Å². The predicted octanol–water partition coefficient (Wildman–Crippen LogP) is 2.66. The van der Waals surface area contributed by atoms with Crippen LogP contribution in [0.1, 0.15) is 35.9 Å². The fraction of sp³-hybridized carbons (Fsp3) is 0.692. The van der Waals surface area contributed by atoms with Gasteiger partial charge in [0, 0.05) is 22.3 Å². The maximum atomic E-state index is 9.35. The van der Waals surface area contributed by atoms with E-state index in [4.69, 9.17) is 0 Å². The van der Waals surface area contributed by atoms with Gasteiger partial charge >= 0.3 is 0 Å². The molecule has 0 amide bonds. The van der Waals surface area contributed by atoms with E-state index >= 15 is 0 Å². The summed E-state index contributed by atoms with van der Waals surface area (Å²) in [5.41, 5.74) is 0. The van der Waals surface area contributed by atoms with E-state index in [-0.39, 0.29) is 0 Å². The Bertz CT molecular complexity index is 323. The number of likely N-dealkylation sites (tertiary alicyclic amines) is 1. The summed E-state index contributed by atoms with van der Waals surface area (Å²) in [5, 5.41) is 9.35. The Morgan fingerprint density at radius 1 is 1.38 bits per heavy atom. The van der Waals surface area contributed by atoms with E-state index in [0.29, 0.717) is 12.6 Å². The second-order valence-corrected chi connectivity index (χ2v) is 5.78. The molecule has 2 heterocycles. The van der Waals surface area contributed by atoms with Crippen molar-refractivity contribution in [3.63, 3.8) is 0 Å². The molecule has 1 aromatic rings. The van der Waals surface area contributed by atoms with E-state index in [2.05, 4.69) is 24.0 Å². The number of aliphatic hydroxyl groups is 1. The molecule has 0 spiro atoms. The summed E-state index contributed by atoms with van der Waals surface area (Å²) in [6, 6.07) is 4.87. The van der Waals surface area contributed by atoms with Crippen LogP contribution in [-0.4, -0.2) is 29.2 Å². The van der Waals surface area contributed by atoms with Crippen LogP contribution in [0.3, 0.4) is 0 Å². The number of rotatable bonds is 4. The molecule has 1 unspecified atom stereocenters. The molecule has 90 valence electrons. The molecule has 3 heteroatoms. The van der Waals surface area contributed by atoms with E-state index < -0.39 is 0 Å². The lowest BCUT2D eigenvalue weighted by atomic mass is 10.0. The molecule has 1 atom stereocenters. The standard InChI is InChI=1S/C13H21NOS/c1-2-12-6-7-13(16-12)9-14-8-4-3-5-11(14)10-15/h6-7,11,15H,2-5,8-10H2,1H3. The summed E-state index contributed by atoms with van der Waals surface area (Å²) in [6.07, 6.45) is 4.84. The minimum atomic E-state index is 0.312. The zero-order chi connectivity index (χ0) is 11.4. The SMILES string of the molecule is CCc1ccc(CN2CCCCC2CO)s1. The largest absolute Gasteiger partial charge is 0.395 e. The maximum Gasteiger partial charge on any atom is 0.0587 e. The Morgan fingerprint density at radius 2 is 2.19 bits per heavy atom. The number of hydrogen-bond acceptors (Lipinski definition) is 3. The average molecular weight is 239 g/mol. The molecule has 1 aromatic heterocycles. The molecule has 1 N–H and O–H groups in total. The van der Waals surface area contributed by atoms with Gasteiger partial charge < -0.3 is 5.11 Å². The minimum absolute atomic E-state index is 0.312. The molecule has 0 bridgehead atoms. The molecule has 16 heavy (non-hydrogen) atoms. The first-order valence-electron chi connectivity index (χ1n) is 6.26.